The molecule has 1 atom stereocenters. The van der Waals surface area contributed by atoms with E-state index in [4.69, 9.17) is 9.47 Å². The molecule has 0 aromatic heterocycles. The van der Waals surface area contributed by atoms with Crippen LogP contribution in [0.3, 0.4) is 0 Å². The summed E-state index contributed by atoms with van der Waals surface area (Å²) in [6, 6.07) is 9.57. The van der Waals surface area contributed by atoms with E-state index in [0.717, 1.165) is 24.8 Å². The van der Waals surface area contributed by atoms with Crippen molar-refractivity contribution >= 4 is 17.6 Å². The predicted molar refractivity (Wildman–Crippen MR) is 145 cm³/mol. The summed E-state index contributed by atoms with van der Waals surface area (Å²) in [5.41, 5.74) is 3.74. The monoisotopic (exact) mass is 504 g/mol. The Hall–Kier alpha value is -3.80. The fraction of sp³-hybridized carbons (Fsp3) is 0.355. The van der Waals surface area contributed by atoms with Gasteiger partial charge in [-0.25, -0.2) is 0 Å². The Morgan fingerprint density at radius 3 is 2.16 bits per heavy atom. The van der Waals surface area contributed by atoms with Crippen LogP contribution in [-0.4, -0.2) is 36.0 Å². The molecule has 6 heteroatoms. The van der Waals surface area contributed by atoms with Gasteiger partial charge in [-0.3, -0.25) is 9.59 Å². The lowest BCUT2D eigenvalue weighted by atomic mass is 9.72. The topological polar surface area (TPSA) is 93.1 Å². The van der Waals surface area contributed by atoms with Gasteiger partial charge in [0.15, 0.2) is 34.6 Å². The Morgan fingerprint density at radius 2 is 1.54 bits per heavy atom. The van der Waals surface area contributed by atoms with Crippen molar-refractivity contribution in [1.29, 1.82) is 0 Å². The maximum atomic E-state index is 13.4. The van der Waals surface area contributed by atoms with Crippen molar-refractivity contribution in [1.82, 2.24) is 0 Å². The van der Waals surface area contributed by atoms with Crippen LogP contribution in [0.15, 0.2) is 65.8 Å². The second-order valence-electron chi connectivity index (χ2n) is 10.1. The lowest BCUT2D eigenvalue weighted by molar-refractivity contribution is -0.127. The van der Waals surface area contributed by atoms with Crippen LogP contribution in [0.2, 0.25) is 0 Å². The Balaban J connectivity index is 1.91. The highest BCUT2D eigenvalue weighted by molar-refractivity contribution is 6.12. The van der Waals surface area contributed by atoms with E-state index in [2.05, 4.69) is 20.8 Å². The van der Waals surface area contributed by atoms with Crippen molar-refractivity contribution in [3.05, 3.63) is 76.9 Å². The fourth-order valence-electron chi connectivity index (χ4n) is 4.81. The molecular weight excluding hydrogens is 468 g/mol. The fourth-order valence-corrected chi connectivity index (χ4v) is 4.81. The summed E-state index contributed by atoms with van der Waals surface area (Å²) in [4.78, 5) is 26.8. The number of benzene rings is 2. The summed E-state index contributed by atoms with van der Waals surface area (Å²) in [6.45, 7) is 6.46. The van der Waals surface area contributed by atoms with E-state index >= 15 is 0 Å². The first-order valence-corrected chi connectivity index (χ1v) is 12.4. The van der Waals surface area contributed by atoms with Crippen LogP contribution < -0.4 is 9.47 Å². The number of carbonyl (C=O) groups is 2. The summed E-state index contributed by atoms with van der Waals surface area (Å²) in [7, 11) is 2.90. The normalized spacial score (nSPS) is 16.2. The van der Waals surface area contributed by atoms with Crippen molar-refractivity contribution in [2.45, 2.75) is 46.5 Å². The summed E-state index contributed by atoms with van der Waals surface area (Å²) >= 11 is 0. The Kier molecular flexibility index (Phi) is 8.98. The third-order valence-corrected chi connectivity index (χ3v) is 6.97. The number of rotatable bonds is 10. The second-order valence-corrected chi connectivity index (χ2v) is 10.1. The number of phenols is 2. The van der Waals surface area contributed by atoms with Gasteiger partial charge in [0.05, 0.1) is 20.1 Å². The zero-order valence-corrected chi connectivity index (χ0v) is 22.2. The number of aromatic hydroxyl groups is 2. The maximum Gasteiger partial charge on any atom is 0.166 e. The molecule has 6 nitrogen and oxygen atoms in total. The molecule has 0 aliphatic heterocycles. The number of methoxy groups -OCH3 is 2. The Labute approximate surface area is 218 Å². The van der Waals surface area contributed by atoms with Gasteiger partial charge in [0.2, 0.25) is 0 Å². The number of ketones is 2. The molecule has 0 saturated heterocycles. The van der Waals surface area contributed by atoms with Crippen LogP contribution in [0.4, 0.5) is 0 Å². The SMILES string of the molecule is COc1cc(/C=C/C(=O)C(Cc2ccc(O)c(OC)c2)C(=O)/C=C/C2=C(C)CCCC2(C)C)ccc1O. The summed E-state index contributed by atoms with van der Waals surface area (Å²) < 4.78 is 10.3. The average molecular weight is 505 g/mol. The molecule has 0 spiro atoms. The molecular formula is C31H36O6. The van der Waals surface area contributed by atoms with Gasteiger partial charge in [0.25, 0.3) is 0 Å². The van der Waals surface area contributed by atoms with E-state index in [-0.39, 0.29) is 40.7 Å². The van der Waals surface area contributed by atoms with Gasteiger partial charge in [-0.2, -0.15) is 0 Å². The van der Waals surface area contributed by atoms with E-state index < -0.39 is 5.92 Å². The molecule has 0 heterocycles. The minimum atomic E-state index is -0.951. The zero-order valence-electron chi connectivity index (χ0n) is 22.2. The number of carbonyl (C=O) groups excluding carboxylic acids is 2. The molecule has 37 heavy (non-hydrogen) atoms. The molecule has 0 saturated carbocycles. The first-order valence-electron chi connectivity index (χ1n) is 12.4. The third kappa shape index (κ3) is 6.91. The zero-order chi connectivity index (χ0) is 27.2. The van der Waals surface area contributed by atoms with Crippen LogP contribution in [0.25, 0.3) is 6.08 Å². The van der Waals surface area contributed by atoms with Crippen LogP contribution in [0.1, 0.15) is 51.2 Å². The highest BCUT2D eigenvalue weighted by atomic mass is 16.5. The molecule has 0 fully saturated rings. The van der Waals surface area contributed by atoms with E-state index in [1.165, 1.54) is 44.1 Å². The molecule has 1 aliphatic carbocycles. The van der Waals surface area contributed by atoms with Gasteiger partial charge in [-0.15, -0.1) is 0 Å². The molecule has 0 bridgehead atoms. The number of ether oxygens (including phenoxy) is 2. The van der Waals surface area contributed by atoms with Gasteiger partial charge in [-0.05, 0) is 91.1 Å². The number of hydrogen-bond acceptors (Lipinski definition) is 6. The number of allylic oxidation sites excluding steroid dienone is 5. The van der Waals surface area contributed by atoms with Crippen molar-refractivity contribution in [2.75, 3.05) is 14.2 Å². The van der Waals surface area contributed by atoms with Crippen molar-refractivity contribution in [3.63, 3.8) is 0 Å². The van der Waals surface area contributed by atoms with Crippen LogP contribution in [-0.2, 0) is 16.0 Å². The molecule has 1 aliphatic rings. The largest absolute Gasteiger partial charge is 0.504 e. The molecule has 2 aromatic rings. The lowest BCUT2D eigenvalue weighted by Gasteiger charge is -2.32. The van der Waals surface area contributed by atoms with Crippen molar-refractivity contribution in [3.8, 4) is 23.0 Å². The van der Waals surface area contributed by atoms with Gasteiger partial charge >= 0.3 is 0 Å². The quantitative estimate of drug-likeness (QED) is 0.295. The standard InChI is InChI=1S/C31H36O6/c1-20-7-6-16-31(2,3)24(20)11-15-26(33)23(17-22-10-14-28(35)30(19-22)37-5)25(32)12-8-21-9-13-27(34)29(18-21)36-4/h8-15,18-19,23,34-35H,6-7,16-17H2,1-5H3/b12-8+,15-11+. The van der Waals surface area contributed by atoms with Gasteiger partial charge in [-0.1, -0.05) is 43.7 Å². The van der Waals surface area contributed by atoms with E-state index in [0.29, 0.717) is 16.9 Å². The van der Waals surface area contributed by atoms with Gasteiger partial charge in [0, 0.05) is 0 Å². The van der Waals surface area contributed by atoms with Crippen molar-refractivity contribution in [2.24, 2.45) is 11.3 Å². The number of hydrogen-bond donors (Lipinski definition) is 2. The first kappa shape index (κ1) is 27.8. The Bertz CT molecular complexity index is 1250. The first-order chi connectivity index (χ1) is 17.6. The summed E-state index contributed by atoms with van der Waals surface area (Å²) in [5, 5.41) is 19.8. The van der Waals surface area contributed by atoms with Crippen LogP contribution >= 0.6 is 0 Å². The minimum absolute atomic E-state index is 0.000630. The molecule has 0 radical (unpaired) electrons. The van der Waals surface area contributed by atoms with Crippen molar-refractivity contribution < 1.29 is 29.3 Å². The van der Waals surface area contributed by atoms with E-state index in [1.54, 1.807) is 30.3 Å². The van der Waals surface area contributed by atoms with E-state index in [9.17, 15) is 19.8 Å². The third-order valence-electron chi connectivity index (χ3n) is 6.97. The Morgan fingerprint density at radius 1 is 0.946 bits per heavy atom. The molecule has 2 aromatic carbocycles. The van der Waals surface area contributed by atoms with Crippen LogP contribution in [0, 0.1) is 11.3 Å². The summed E-state index contributed by atoms with van der Waals surface area (Å²) in [5.74, 6) is -1.02. The van der Waals surface area contributed by atoms with E-state index in [1.807, 2.05) is 6.08 Å². The highest BCUT2D eigenvalue weighted by Crippen LogP contribution is 2.40. The smallest absolute Gasteiger partial charge is 0.166 e. The average Bonchev–Trinajstić information content (AvgIpc) is 2.86. The minimum Gasteiger partial charge on any atom is -0.504 e. The molecule has 1 unspecified atom stereocenters. The van der Waals surface area contributed by atoms with Crippen LogP contribution in [0.5, 0.6) is 23.0 Å². The molecule has 0 amide bonds. The highest BCUT2D eigenvalue weighted by Gasteiger charge is 2.28. The number of phenolic OH excluding ortho intramolecular Hbond substituents is 2. The van der Waals surface area contributed by atoms with Gasteiger partial charge in [0.1, 0.15) is 0 Å². The van der Waals surface area contributed by atoms with Gasteiger partial charge < -0.3 is 19.7 Å². The molecule has 3 rings (SSSR count). The molecule has 2 N–H and O–H groups in total. The second kappa shape index (κ2) is 12.0. The summed E-state index contributed by atoms with van der Waals surface area (Å²) in [6.07, 6.45) is 9.73. The molecule has 196 valence electrons. The lowest BCUT2D eigenvalue weighted by Crippen LogP contribution is -2.24. The predicted octanol–water partition coefficient (Wildman–Crippen LogP) is 6.21. The maximum absolute atomic E-state index is 13.4.